The third kappa shape index (κ3) is 3.38. The second kappa shape index (κ2) is 6.72. The Bertz CT molecular complexity index is 769. The van der Waals surface area contributed by atoms with Gasteiger partial charge in [-0.1, -0.05) is 41.9 Å². The number of carbonyl (C=O) groups excluding carboxylic acids is 1. The summed E-state index contributed by atoms with van der Waals surface area (Å²) in [5.41, 5.74) is 3.72. The maximum absolute atomic E-state index is 12.8. The van der Waals surface area contributed by atoms with E-state index in [2.05, 4.69) is 47.1 Å². The molecule has 25 heavy (non-hydrogen) atoms. The van der Waals surface area contributed by atoms with Crippen LogP contribution in [-0.4, -0.2) is 37.0 Å². The Morgan fingerprint density at radius 1 is 1.04 bits per heavy atom. The van der Waals surface area contributed by atoms with Crippen molar-refractivity contribution < 1.29 is 4.79 Å². The van der Waals surface area contributed by atoms with Crippen LogP contribution in [0.25, 0.3) is 0 Å². The topological polar surface area (TPSA) is 23.6 Å². The number of piperazine rings is 1. The van der Waals surface area contributed by atoms with Crippen LogP contribution in [0.2, 0.25) is 5.02 Å². The summed E-state index contributed by atoms with van der Waals surface area (Å²) in [5, 5.41) is 0.774. The van der Waals surface area contributed by atoms with Crippen LogP contribution >= 0.6 is 11.6 Å². The van der Waals surface area contributed by atoms with Crippen LogP contribution in [0, 0.1) is 12.8 Å². The number of nitrogens with zero attached hydrogens (tertiary/aromatic N) is 2. The van der Waals surface area contributed by atoms with Gasteiger partial charge in [-0.3, -0.25) is 4.79 Å². The molecule has 0 radical (unpaired) electrons. The Morgan fingerprint density at radius 3 is 2.44 bits per heavy atom. The molecule has 2 fully saturated rings. The number of aryl methyl sites for hydroxylation is 1. The van der Waals surface area contributed by atoms with E-state index in [1.165, 1.54) is 16.8 Å². The zero-order chi connectivity index (χ0) is 17.4. The van der Waals surface area contributed by atoms with Crippen molar-refractivity contribution in [1.29, 1.82) is 0 Å². The van der Waals surface area contributed by atoms with Gasteiger partial charge in [0.15, 0.2) is 0 Å². The second-order valence-electron chi connectivity index (χ2n) is 7.10. The fourth-order valence-electron chi connectivity index (χ4n) is 3.91. The minimum absolute atomic E-state index is 0.186. The fraction of sp³-hybridized carbons (Fsp3) is 0.381. The largest absolute Gasteiger partial charge is 0.368 e. The van der Waals surface area contributed by atoms with Crippen LogP contribution in [0.5, 0.6) is 0 Å². The zero-order valence-corrected chi connectivity index (χ0v) is 15.2. The summed E-state index contributed by atoms with van der Waals surface area (Å²) in [6, 6.07) is 16.4. The van der Waals surface area contributed by atoms with Gasteiger partial charge in [-0.05, 0) is 48.6 Å². The van der Waals surface area contributed by atoms with Crippen LogP contribution in [0.4, 0.5) is 5.69 Å². The molecule has 1 heterocycles. The number of carbonyl (C=O) groups is 1. The number of anilines is 1. The lowest BCUT2D eigenvalue weighted by molar-refractivity contribution is -0.132. The van der Waals surface area contributed by atoms with Gasteiger partial charge in [0.1, 0.15) is 0 Å². The molecule has 130 valence electrons. The number of halogens is 1. The Hall–Kier alpha value is -2.00. The first kappa shape index (κ1) is 16.5. The van der Waals surface area contributed by atoms with E-state index in [9.17, 15) is 4.79 Å². The van der Waals surface area contributed by atoms with E-state index >= 15 is 0 Å². The summed E-state index contributed by atoms with van der Waals surface area (Å²) in [4.78, 5) is 17.2. The molecule has 0 unspecified atom stereocenters. The molecule has 1 saturated heterocycles. The van der Waals surface area contributed by atoms with Crippen molar-refractivity contribution in [3.05, 3.63) is 64.7 Å². The molecule has 0 bridgehead atoms. The number of benzene rings is 2. The van der Waals surface area contributed by atoms with Gasteiger partial charge in [0.25, 0.3) is 0 Å². The van der Waals surface area contributed by atoms with Crippen molar-refractivity contribution in [2.45, 2.75) is 19.3 Å². The summed E-state index contributed by atoms with van der Waals surface area (Å²) in [7, 11) is 0. The molecule has 2 aromatic carbocycles. The summed E-state index contributed by atoms with van der Waals surface area (Å²) >= 11 is 6.06. The van der Waals surface area contributed by atoms with E-state index < -0.39 is 0 Å². The molecule has 2 aliphatic rings. The third-order valence-corrected chi connectivity index (χ3v) is 5.66. The van der Waals surface area contributed by atoms with Crippen LogP contribution < -0.4 is 4.90 Å². The standard InChI is InChI=1S/C21H23ClN2O/c1-15-13-17(22)7-8-20(15)23-9-11-24(12-10-23)21(25)19-14-18(19)16-5-3-2-4-6-16/h2-8,13,18-19H,9-12,14H2,1H3/t18-,19+/m1/s1. The smallest absolute Gasteiger partial charge is 0.226 e. The number of amides is 1. The summed E-state index contributed by atoms with van der Waals surface area (Å²) in [6.07, 6.45) is 0.999. The second-order valence-corrected chi connectivity index (χ2v) is 7.54. The Balaban J connectivity index is 1.35. The van der Waals surface area contributed by atoms with E-state index in [0.29, 0.717) is 11.8 Å². The van der Waals surface area contributed by atoms with Crippen molar-refractivity contribution >= 4 is 23.2 Å². The molecule has 0 spiro atoms. The fourth-order valence-corrected chi connectivity index (χ4v) is 4.14. The van der Waals surface area contributed by atoms with Crippen molar-refractivity contribution in [3.63, 3.8) is 0 Å². The van der Waals surface area contributed by atoms with Crippen LogP contribution in [0.3, 0.4) is 0 Å². The third-order valence-electron chi connectivity index (χ3n) is 5.43. The molecule has 3 nitrogen and oxygen atoms in total. The molecule has 1 aliphatic carbocycles. The quantitative estimate of drug-likeness (QED) is 0.828. The Morgan fingerprint density at radius 2 is 1.76 bits per heavy atom. The normalized spacial score (nSPS) is 22.8. The molecule has 2 aromatic rings. The molecular weight excluding hydrogens is 332 g/mol. The molecule has 1 aliphatic heterocycles. The first-order valence-corrected chi connectivity index (χ1v) is 9.36. The Kier molecular flexibility index (Phi) is 4.43. The van der Waals surface area contributed by atoms with Gasteiger partial charge in [-0.2, -0.15) is 0 Å². The highest BCUT2D eigenvalue weighted by atomic mass is 35.5. The van der Waals surface area contributed by atoms with Crippen molar-refractivity contribution in [2.24, 2.45) is 5.92 Å². The van der Waals surface area contributed by atoms with Crippen molar-refractivity contribution in [3.8, 4) is 0 Å². The average molecular weight is 355 g/mol. The summed E-state index contributed by atoms with van der Waals surface area (Å²) in [6.45, 7) is 5.47. The lowest BCUT2D eigenvalue weighted by atomic mass is 10.1. The number of hydrogen-bond acceptors (Lipinski definition) is 2. The Labute approximate surface area is 154 Å². The van der Waals surface area contributed by atoms with Gasteiger partial charge in [0, 0.05) is 42.8 Å². The minimum Gasteiger partial charge on any atom is -0.368 e. The van der Waals surface area contributed by atoms with Gasteiger partial charge < -0.3 is 9.80 Å². The SMILES string of the molecule is Cc1cc(Cl)ccc1N1CCN(C(=O)[C@H]2C[C@@H]2c2ccccc2)CC1. The highest BCUT2D eigenvalue weighted by Crippen LogP contribution is 2.48. The van der Waals surface area contributed by atoms with E-state index in [4.69, 9.17) is 11.6 Å². The maximum atomic E-state index is 12.8. The van der Waals surface area contributed by atoms with Gasteiger partial charge in [-0.15, -0.1) is 0 Å². The van der Waals surface area contributed by atoms with Crippen LogP contribution in [-0.2, 0) is 4.79 Å². The lowest BCUT2D eigenvalue weighted by Crippen LogP contribution is -2.49. The van der Waals surface area contributed by atoms with Crippen LogP contribution in [0.15, 0.2) is 48.5 Å². The zero-order valence-electron chi connectivity index (χ0n) is 14.5. The van der Waals surface area contributed by atoms with E-state index in [1.54, 1.807) is 0 Å². The lowest BCUT2D eigenvalue weighted by Gasteiger charge is -2.37. The predicted octanol–water partition coefficient (Wildman–Crippen LogP) is 4.10. The van der Waals surface area contributed by atoms with Crippen LogP contribution in [0.1, 0.15) is 23.5 Å². The predicted molar refractivity (Wildman–Crippen MR) is 102 cm³/mol. The highest BCUT2D eigenvalue weighted by Gasteiger charge is 2.45. The van der Waals surface area contributed by atoms with Gasteiger partial charge in [0.2, 0.25) is 5.91 Å². The highest BCUT2D eigenvalue weighted by molar-refractivity contribution is 6.30. The summed E-state index contributed by atoms with van der Waals surface area (Å²) in [5.74, 6) is 0.942. The number of hydrogen-bond donors (Lipinski definition) is 0. The molecule has 4 heteroatoms. The molecule has 0 N–H and O–H groups in total. The van der Waals surface area contributed by atoms with Crippen molar-refractivity contribution in [1.82, 2.24) is 4.90 Å². The van der Waals surface area contributed by atoms with Gasteiger partial charge in [-0.25, -0.2) is 0 Å². The summed E-state index contributed by atoms with van der Waals surface area (Å²) < 4.78 is 0. The maximum Gasteiger partial charge on any atom is 0.226 e. The van der Waals surface area contributed by atoms with Gasteiger partial charge in [0.05, 0.1) is 0 Å². The van der Waals surface area contributed by atoms with Gasteiger partial charge >= 0.3 is 0 Å². The number of rotatable bonds is 3. The van der Waals surface area contributed by atoms with E-state index in [-0.39, 0.29) is 5.92 Å². The molecule has 1 saturated carbocycles. The van der Waals surface area contributed by atoms with E-state index in [0.717, 1.165) is 37.6 Å². The van der Waals surface area contributed by atoms with E-state index in [1.807, 2.05) is 18.2 Å². The molecule has 4 rings (SSSR count). The molecular formula is C21H23ClN2O. The average Bonchev–Trinajstić information content (AvgIpc) is 3.43. The molecule has 1 amide bonds. The first-order valence-electron chi connectivity index (χ1n) is 8.98. The minimum atomic E-state index is 0.186. The molecule has 2 atom stereocenters. The first-order chi connectivity index (χ1) is 12.1. The monoisotopic (exact) mass is 354 g/mol. The molecule has 0 aromatic heterocycles. The van der Waals surface area contributed by atoms with Crippen molar-refractivity contribution in [2.75, 3.05) is 31.1 Å².